The normalized spacial score (nSPS) is 11.9. The number of hydrogen-bond donors (Lipinski definition) is 3. The van der Waals surface area contributed by atoms with E-state index in [1.165, 1.54) is 6.20 Å². The van der Waals surface area contributed by atoms with Crippen molar-refractivity contribution in [2.24, 2.45) is 0 Å². The molecule has 0 aliphatic carbocycles. The molecule has 3 N–H and O–H groups in total. The molecule has 3 rings (SSSR count). The van der Waals surface area contributed by atoms with Crippen LogP contribution in [-0.2, 0) is 0 Å². The summed E-state index contributed by atoms with van der Waals surface area (Å²) in [5, 5.41) is 20.3. The molecule has 0 aliphatic rings. The second-order valence-corrected chi connectivity index (χ2v) is 5.74. The zero-order valence-corrected chi connectivity index (χ0v) is 13.5. The van der Waals surface area contributed by atoms with Crippen molar-refractivity contribution >= 4 is 17.5 Å². The highest BCUT2D eigenvalue weighted by molar-refractivity contribution is 6.30. The molecule has 1 aromatic heterocycles. The highest BCUT2D eigenvalue weighted by Gasteiger charge is 2.16. The molecule has 0 radical (unpaired) electrons. The molecule has 0 spiro atoms. The summed E-state index contributed by atoms with van der Waals surface area (Å²) in [6, 6.07) is 16.3. The first kappa shape index (κ1) is 16.2. The van der Waals surface area contributed by atoms with Crippen molar-refractivity contribution in [1.29, 1.82) is 0 Å². The molecule has 0 saturated heterocycles. The molecule has 2 aromatic carbocycles. The van der Waals surface area contributed by atoms with Crippen molar-refractivity contribution in [3.8, 4) is 11.3 Å². The third-order valence-electron chi connectivity index (χ3n) is 3.66. The molecule has 0 saturated carbocycles. The Labute approximate surface area is 144 Å². The number of amides is 1. The lowest BCUT2D eigenvalue weighted by Crippen LogP contribution is -2.28. The summed E-state index contributed by atoms with van der Waals surface area (Å²) in [5.41, 5.74) is 2.59. The van der Waals surface area contributed by atoms with E-state index in [9.17, 15) is 9.90 Å². The third kappa shape index (κ3) is 3.64. The smallest absolute Gasteiger partial charge is 0.255 e. The maximum atomic E-state index is 12.4. The van der Waals surface area contributed by atoms with Gasteiger partial charge in [-0.2, -0.15) is 5.10 Å². The number of hydrogen-bond acceptors (Lipinski definition) is 3. The number of H-pyrrole nitrogens is 1. The molecule has 1 heterocycles. The maximum Gasteiger partial charge on any atom is 0.255 e. The van der Waals surface area contributed by atoms with E-state index < -0.39 is 6.10 Å². The molecule has 1 atom stereocenters. The Balaban J connectivity index is 1.70. The van der Waals surface area contributed by atoms with E-state index in [1.807, 2.05) is 42.5 Å². The van der Waals surface area contributed by atoms with E-state index in [0.717, 1.165) is 11.1 Å². The van der Waals surface area contributed by atoms with Gasteiger partial charge in [-0.15, -0.1) is 0 Å². The third-order valence-corrected chi connectivity index (χ3v) is 3.91. The number of benzene rings is 2. The highest BCUT2D eigenvalue weighted by Crippen LogP contribution is 2.23. The average molecular weight is 342 g/mol. The Hall–Kier alpha value is -2.63. The van der Waals surface area contributed by atoms with Crippen LogP contribution < -0.4 is 5.32 Å². The summed E-state index contributed by atoms with van der Waals surface area (Å²) in [5.74, 6) is -0.302. The molecular formula is C18H16ClN3O2. The minimum absolute atomic E-state index is 0.119. The number of carbonyl (C=O) groups excluding carboxylic acids is 1. The number of aliphatic hydroxyl groups excluding tert-OH is 1. The number of carbonyl (C=O) groups is 1. The van der Waals surface area contributed by atoms with Gasteiger partial charge in [0.25, 0.3) is 5.91 Å². The van der Waals surface area contributed by atoms with Crippen LogP contribution in [0.5, 0.6) is 0 Å². The number of nitrogens with zero attached hydrogens (tertiary/aromatic N) is 1. The van der Waals surface area contributed by atoms with Gasteiger partial charge in [0.2, 0.25) is 0 Å². The van der Waals surface area contributed by atoms with Crippen molar-refractivity contribution in [3.05, 3.63) is 76.9 Å². The number of halogens is 1. The largest absolute Gasteiger partial charge is 0.387 e. The Morgan fingerprint density at radius 1 is 1.17 bits per heavy atom. The number of rotatable bonds is 5. The molecule has 6 heteroatoms. The van der Waals surface area contributed by atoms with Crippen molar-refractivity contribution in [2.45, 2.75) is 6.10 Å². The van der Waals surface area contributed by atoms with E-state index in [4.69, 9.17) is 11.6 Å². The molecule has 24 heavy (non-hydrogen) atoms. The van der Waals surface area contributed by atoms with Crippen LogP contribution >= 0.6 is 11.6 Å². The van der Waals surface area contributed by atoms with Crippen molar-refractivity contribution in [2.75, 3.05) is 6.54 Å². The van der Waals surface area contributed by atoms with Crippen molar-refractivity contribution in [3.63, 3.8) is 0 Å². The van der Waals surface area contributed by atoms with E-state index in [2.05, 4.69) is 15.5 Å². The van der Waals surface area contributed by atoms with Gasteiger partial charge in [-0.1, -0.05) is 54.1 Å². The molecule has 1 unspecified atom stereocenters. The predicted molar refractivity (Wildman–Crippen MR) is 92.8 cm³/mol. The van der Waals surface area contributed by atoms with Crippen LogP contribution in [0.2, 0.25) is 5.02 Å². The molecule has 0 aliphatic heterocycles. The molecular weight excluding hydrogens is 326 g/mol. The second-order valence-electron chi connectivity index (χ2n) is 5.30. The van der Waals surface area contributed by atoms with E-state index in [-0.39, 0.29) is 12.5 Å². The van der Waals surface area contributed by atoms with Crippen molar-refractivity contribution in [1.82, 2.24) is 15.5 Å². The Kier molecular flexibility index (Phi) is 4.93. The van der Waals surface area contributed by atoms with Gasteiger partial charge < -0.3 is 10.4 Å². The molecule has 3 aromatic rings. The summed E-state index contributed by atoms with van der Waals surface area (Å²) in [6.45, 7) is 0.119. The quantitative estimate of drug-likeness (QED) is 0.667. The Morgan fingerprint density at radius 3 is 2.58 bits per heavy atom. The van der Waals surface area contributed by atoms with Gasteiger partial charge in [-0.25, -0.2) is 0 Å². The zero-order chi connectivity index (χ0) is 16.9. The van der Waals surface area contributed by atoms with Crippen molar-refractivity contribution < 1.29 is 9.90 Å². The second kappa shape index (κ2) is 7.29. The van der Waals surface area contributed by atoms with Gasteiger partial charge in [0.15, 0.2) is 0 Å². The summed E-state index contributed by atoms with van der Waals surface area (Å²) in [7, 11) is 0. The fraction of sp³-hybridized carbons (Fsp3) is 0.111. The topological polar surface area (TPSA) is 78.0 Å². The number of aliphatic hydroxyl groups is 1. The van der Waals surface area contributed by atoms with Gasteiger partial charge in [0.05, 0.1) is 23.6 Å². The monoisotopic (exact) mass is 341 g/mol. The summed E-state index contributed by atoms with van der Waals surface area (Å²) in [4.78, 5) is 12.4. The Bertz CT molecular complexity index is 816. The number of aromatic nitrogens is 2. The molecule has 1 amide bonds. The van der Waals surface area contributed by atoms with Gasteiger partial charge in [-0.05, 0) is 17.7 Å². The summed E-state index contributed by atoms with van der Waals surface area (Å²) >= 11 is 5.89. The van der Waals surface area contributed by atoms with Gasteiger partial charge in [-0.3, -0.25) is 9.89 Å². The lowest BCUT2D eigenvalue weighted by Gasteiger charge is -2.12. The summed E-state index contributed by atoms with van der Waals surface area (Å²) < 4.78 is 0. The van der Waals surface area contributed by atoms with Gasteiger partial charge in [0.1, 0.15) is 0 Å². The minimum atomic E-state index is -0.763. The first-order chi connectivity index (χ1) is 11.6. The average Bonchev–Trinajstić information content (AvgIpc) is 3.10. The highest BCUT2D eigenvalue weighted by atomic mass is 35.5. The van der Waals surface area contributed by atoms with Gasteiger partial charge in [0, 0.05) is 17.1 Å². The van der Waals surface area contributed by atoms with Crippen LogP contribution in [0.15, 0.2) is 60.8 Å². The molecule has 0 fully saturated rings. The fourth-order valence-corrected chi connectivity index (χ4v) is 2.50. The van der Waals surface area contributed by atoms with Crippen LogP contribution in [0.3, 0.4) is 0 Å². The van der Waals surface area contributed by atoms with Crippen LogP contribution in [0.1, 0.15) is 22.0 Å². The number of aromatic amines is 1. The van der Waals surface area contributed by atoms with E-state index >= 15 is 0 Å². The van der Waals surface area contributed by atoms with Gasteiger partial charge >= 0.3 is 0 Å². The number of nitrogens with one attached hydrogen (secondary N) is 2. The first-order valence-corrected chi connectivity index (χ1v) is 7.83. The predicted octanol–water partition coefficient (Wildman–Crippen LogP) is 3.19. The lowest BCUT2D eigenvalue weighted by molar-refractivity contribution is 0.0917. The SMILES string of the molecule is O=C(NCC(O)c1ccccc1)c1cn[nH]c1-c1ccc(Cl)cc1. The molecule has 122 valence electrons. The van der Waals surface area contributed by atoms with E-state index in [0.29, 0.717) is 16.3 Å². The first-order valence-electron chi connectivity index (χ1n) is 7.45. The van der Waals surface area contributed by atoms with Crippen LogP contribution in [-0.4, -0.2) is 27.8 Å². The molecule has 5 nitrogen and oxygen atoms in total. The zero-order valence-electron chi connectivity index (χ0n) is 12.7. The van der Waals surface area contributed by atoms with E-state index in [1.54, 1.807) is 12.1 Å². The Morgan fingerprint density at radius 2 is 1.88 bits per heavy atom. The maximum absolute atomic E-state index is 12.4. The van der Waals surface area contributed by atoms with Crippen LogP contribution in [0.25, 0.3) is 11.3 Å². The fourth-order valence-electron chi connectivity index (χ4n) is 2.37. The summed E-state index contributed by atoms with van der Waals surface area (Å²) in [6.07, 6.45) is 0.704. The lowest BCUT2D eigenvalue weighted by atomic mass is 10.1. The minimum Gasteiger partial charge on any atom is -0.387 e. The molecule has 0 bridgehead atoms. The van der Waals surface area contributed by atoms with Crippen LogP contribution in [0, 0.1) is 0 Å². The standard InChI is InChI=1S/C18H16ClN3O2/c19-14-8-6-13(7-9-14)17-15(10-21-22-17)18(24)20-11-16(23)12-4-2-1-3-5-12/h1-10,16,23H,11H2,(H,20,24)(H,21,22). The van der Waals surface area contributed by atoms with Crippen LogP contribution in [0.4, 0.5) is 0 Å².